The molecule has 0 saturated carbocycles. The van der Waals surface area contributed by atoms with Gasteiger partial charge in [-0.25, -0.2) is 8.42 Å². The maximum absolute atomic E-state index is 12.6. The molecule has 7 nitrogen and oxygen atoms in total. The monoisotopic (exact) mass is 288 g/mol. The summed E-state index contributed by atoms with van der Waals surface area (Å²) in [4.78, 5) is 0. The summed E-state index contributed by atoms with van der Waals surface area (Å²) in [5.41, 5.74) is 5.54. The number of hydrogen-bond donors (Lipinski definition) is 1. The summed E-state index contributed by atoms with van der Waals surface area (Å²) in [6, 6.07) is 1.54. The van der Waals surface area contributed by atoms with Crippen molar-refractivity contribution in [3.8, 4) is 0 Å². The van der Waals surface area contributed by atoms with Crippen LogP contribution < -0.4 is 5.73 Å². The van der Waals surface area contributed by atoms with Crippen LogP contribution >= 0.6 is 0 Å². The first kappa shape index (κ1) is 14.4. The molecule has 1 aliphatic rings. The van der Waals surface area contributed by atoms with E-state index in [-0.39, 0.29) is 11.1 Å². The first-order chi connectivity index (χ1) is 9.09. The molecule has 1 aliphatic heterocycles. The molecule has 8 heteroatoms. The lowest BCUT2D eigenvalue weighted by Gasteiger charge is -2.31. The van der Waals surface area contributed by atoms with Crippen LogP contribution in [0.15, 0.2) is 17.3 Å². The second kappa shape index (κ2) is 6.00. The van der Waals surface area contributed by atoms with Crippen LogP contribution in [-0.4, -0.2) is 54.8 Å². The number of ether oxygens (including phenoxy) is 1. The third kappa shape index (κ3) is 2.97. The van der Waals surface area contributed by atoms with E-state index in [4.69, 9.17) is 10.5 Å². The summed E-state index contributed by atoms with van der Waals surface area (Å²) in [7, 11) is -3.52. The highest BCUT2D eigenvalue weighted by Gasteiger charge is 2.32. The molecular formula is C11H20N4O3S. The summed E-state index contributed by atoms with van der Waals surface area (Å²) in [5, 5.41) is 4.30. The van der Waals surface area contributed by atoms with Crippen molar-refractivity contribution in [2.24, 2.45) is 5.73 Å². The van der Waals surface area contributed by atoms with Gasteiger partial charge >= 0.3 is 0 Å². The number of sulfonamides is 1. The van der Waals surface area contributed by atoms with Crippen molar-refractivity contribution < 1.29 is 13.2 Å². The van der Waals surface area contributed by atoms with E-state index in [1.165, 1.54) is 21.3 Å². The number of aromatic nitrogens is 2. The van der Waals surface area contributed by atoms with E-state index >= 15 is 0 Å². The SMILES string of the molecule is CCCn1nccc1S(=O)(=O)N1CCOC(CN)C1. The topological polar surface area (TPSA) is 90.5 Å². The fourth-order valence-electron chi connectivity index (χ4n) is 2.10. The number of rotatable bonds is 5. The Hall–Kier alpha value is -0.960. The van der Waals surface area contributed by atoms with Gasteiger partial charge in [0.25, 0.3) is 10.0 Å². The third-order valence-electron chi connectivity index (χ3n) is 3.08. The number of aryl methyl sites for hydroxylation is 1. The molecular weight excluding hydrogens is 268 g/mol. The molecule has 0 bridgehead atoms. The molecule has 1 unspecified atom stereocenters. The zero-order chi connectivity index (χ0) is 13.9. The van der Waals surface area contributed by atoms with Gasteiger partial charge in [-0.15, -0.1) is 0 Å². The van der Waals surface area contributed by atoms with Crippen LogP contribution in [0.4, 0.5) is 0 Å². The van der Waals surface area contributed by atoms with Crippen LogP contribution in [0.1, 0.15) is 13.3 Å². The zero-order valence-corrected chi connectivity index (χ0v) is 11.8. The van der Waals surface area contributed by atoms with Gasteiger partial charge in [-0.05, 0) is 12.5 Å². The van der Waals surface area contributed by atoms with Crippen LogP contribution in [0.25, 0.3) is 0 Å². The van der Waals surface area contributed by atoms with E-state index < -0.39 is 10.0 Å². The number of nitrogens with two attached hydrogens (primary N) is 1. The average Bonchev–Trinajstić information content (AvgIpc) is 2.88. The van der Waals surface area contributed by atoms with Gasteiger partial charge in [0.05, 0.1) is 18.9 Å². The first-order valence-corrected chi connectivity index (χ1v) is 7.87. The number of hydrogen-bond acceptors (Lipinski definition) is 5. The largest absolute Gasteiger partial charge is 0.374 e. The van der Waals surface area contributed by atoms with Crippen molar-refractivity contribution in [1.82, 2.24) is 14.1 Å². The van der Waals surface area contributed by atoms with Gasteiger partial charge in [-0.3, -0.25) is 4.68 Å². The van der Waals surface area contributed by atoms with Gasteiger partial charge in [0.15, 0.2) is 5.03 Å². The number of morpholine rings is 1. The summed E-state index contributed by atoms with van der Waals surface area (Å²) in [6.45, 7) is 3.93. The summed E-state index contributed by atoms with van der Waals surface area (Å²) in [5.74, 6) is 0. The van der Waals surface area contributed by atoms with Crippen LogP contribution in [-0.2, 0) is 21.3 Å². The van der Waals surface area contributed by atoms with E-state index in [0.29, 0.717) is 32.8 Å². The van der Waals surface area contributed by atoms with E-state index in [9.17, 15) is 8.42 Å². The Balaban J connectivity index is 2.23. The molecule has 19 heavy (non-hydrogen) atoms. The Labute approximate surface area is 113 Å². The van der Waals surface area contributed by atoms with Crippen molar-refractivity contribution >= 4 is 10.0 Å². The summed E-state index contributed by atoms with van der Waals surface area (Å²) in [6.07, 6.45) is 2.12. The van der Waals surface area contributed by atoms with Gasteiger partial charge in [-0.2, -0.15) is 9.40 Å². The van der Waals surface area contributed by atoms with E-state index in [1.54, 1.807) is 0 Å². The van der Waals surface area contributed by atoms with Crippen LogP contribution in [0, 0.1) is 0 Å². The van der Waals surface area contributed by atoms with Crippen LogP contribution in [0.3, 0.4) is 0 Å². The highest BCUT2D eigenvalue weighted by atomic mass is 32.2. The minimum atomic E-state index is -3.52. The third-order valence-corrected chi connectivity index (χ3v) is 4.97. The predicted molar refractivity (Wildman–Crippen MR) is 70.1 cm³/mol. The van der Waals surface area contributed by atoms with Gasteiger partial charge in [-0.1, -0.05) is 6.92 Å². The summed E-state index contributed by atoms with van der Waals surface area (Å²) >= 11 is 0. The smallest absolute Gasteiger partial charge is 0.260 e. The normalized spacial score (nSPS) is 21.7. The molecule has 2 heterocycles. The lowest BCUT2D eigenvalue weighted by atomic mass is 10.3. The quantitative estimate of drug-likeness (QED) is 0.799. The van der Waals surface area contributed by atoms with Crippen molar-refractivity contribution in [3.05, 3.63) is 12.3 Å². The summed E-state index contributed by atoms with van der Waals surface area (Å²) < 4.78 is 33.5. The Morgan fingerprint density at radius 3 is 3.05 bits per heavy atom. The van der Waals surface area contributed by atoms with E-state index in [1.807, 2.05) is 6.92 Å². The maximum Gasteiger partial charge on any atom is 0.260 e. The minimum absolute atomic E-state index is 0.230. The van der Waals surface area contributed by atoms with Crippen molar-refractivity contribution in [1.29, 1.82) is 0 Å². The molecule has 0 radical (unpaired) electrons. The van der Waals surface area contributed by atoms with Crippen molar-refractivity contribution in [2.45, 2.75) is 31.0 Å². The van der Waals surface area contributed by atoms with Crippen molar-refractivity contribution in [3.63, 3.8) is 0 Å². The van der Waals surface area contributed by atoms with Gasteiger partial charge in [0.1, 0.15) is 0 Å². The second-order valence-corrected chi connectivity index (χ2v) is 6.37. The zero-order valence-electron chi connectivity index (χ0n) is 11.0. The van der Waals surface area contributed by atoms with E-state index in [0.717, 1.165) is 6.42 Å². The van der Waals surface area contributed by atoms with Gasteiger partial charge < -0.3 is 10.5 Å². The van der Waals surface area contributed by atoms with Gasteiger partial charge in [0.2, 0.25) is 0 Å². The molecule has 2 rings (SSSR count). The first-order valence-electron chi connectivity index (χ1n) is 6.43. The Morgan fingerprint density at radius 2 is 2.37 bits per heavy atom. The lowest BCUT2D eigenvalue weighted by molar-refractivity contribution is 0.00435. The predicted octanol–water partition coefficient (Wildman–Crippen LogP) is -0.359. The van der Waals surface area contributed by atoms with Crippen LogP contribution in [0.2, 0.25) is 0 Å². The fourth-order valence-corrected chi connectivity index (χ4v) is 3.68. The molecule has 0 spiro atoms. The molecule has 1 saturated heterocycles. The Kier molecular flexibility index (Phi) is 4.56. The average molecular weight is 288 g/mol. The minimum Gasteiger partial charge on any atom is -0.374 e. The Morgan fingerprint density at radius 1 is 1.58 bits per heavy atom. The molecule has 0 amide bonds. The lowest BCUT2D eigenvalue weighted by Crippen LogP contribution is -2.48. The molecule has 1 aromatic rings. The van der Waals surface area contributed by atoms with Crippen LogP contribution in [0.5, 0.6) is 0 Å². The molecule has 2 N–H and O–H groups in total. The standard InChI is InChI=1S/C11H20N4O3S/c1-2-5-15-11(3-4-13-15)19(16,17)14-6-7-18-10(8-12)9-14/h3-4,10H,2,5-9,12H2,1H3. The molecule has 1 atom stereocenters. The van der Waals surface area contributed by atoms with Gasteiger partial charge in [0, 0.05) is 26.2 Å². The van der Waals surface area contributed by atoms with E-state index in [2.05, 4.69) is 5.10 Å². The molecule has 108 valence electrons. The number of nitrogens with zero attached hydrogens (tertiary/aromatic N) is 3. The molecule has 0 aromatic carbocycles. The molecule has 1 fully saturated rings. The molecule has 1 aromatic heterocycles. The molecule has 0 aliphatic carbocycles. The highest BCUT2D eigenvalue weighted by molar-refractivity contribution is 7.89. The maximum atomic E-state index is 12.6. The van der Waals surface area contributed by atoms with Crippen molar-refractivity contribution in [2.75, 3.05) is 26.2 Å². The fraction of sp³-hybridized carbons (Fsp3) is 0.727. The highest BCUT2D eigenvalue weighted by Crippen LogP contribution is 2.18. The second-order valence-electron chi connectivity index (χ2n) is 4.48. The Bertz CT molecular complexity index is 514.